The Bertz CT molecular complexity index is 718. The third-order valence-corrected chi connectivity index (χ3v) is 5.32. The molecule has 2 rings (SSSR count). The zero-order valence-corrected chi connectivity index (χ0v) is 16.7. The summed E-state index contributed by atoms with van der Waals surface area (Å²) >= 11 is 0. The van der Waals surface area contributed by atoms with Crippen molar-refractivity contribution < 1.29 is 32.3 Å². The third-order valence-electron chi connectivity index (χ3n) is 4.52. The van der Waals surface area contributed by atoms with Gasteiger partial charge in [0.15, 0.2) is 11.5 Å². The van der Waals surface area contributed by atoms with E-state index in [-0.39, 0.29) is 6.54 Å². The summed E-state index contributed by atoms with van der Waals surface area (Å²) in [6.07, 6.45) is -1.10. The summed E-state index contributed by atoms with van der Waals surface area (Å²) in [6, 6.07) is 3.79. The molecule has 1 aromatic carbocycles. The number of hydrogen-bond acceptors (Lipinski definition) is 8. The van der Waals surface area contributed by atoms with Crippen LogP contribution in [0.4, 0.5) is 0 Å². The number of aliphatic hydroxyl groups excluding tert-OH is 1. The Labute approximate surface area is 160 Å². The van der Waals surface area contributed by atoms with Crippen LogP contribution < -0.4 is 14.2 Å². The Morgan fingerprint density at radius 3 is 2.11 bits per heavy atom. The molecule has 10 heteroatoms. The smallest absolute Gasteiger partial charge is 0.267 e. The second-order valence-electron chi connectivity index (χ2n) is 6.47. The van der Waals surface area contributed by atoms with Crippen LogP contribution in [-0.2, 0) is 16.7 Å². The van der Waals surface area contributed by atoms with Crippen LogP contribution >= 0.6 is 0 Å². The van der Waals surface area contributed by atoms with Crippen LogP contribution in [0.1, 0.15) is 5.56 Å². The number of aliphatic hydroxyl groups is 1. The highest BCUT2D eigenvalue weighted by Crippen LogP contribution is 2.40. The van der Waals surface area contributed by atoms with Crippen molar-refractivity contribution in [3.63, 3.8) is 0 Å². The largest absolute Gasteiger partial charge is 0.493 e. The molecule has 0 aliphatic carbocycles. The summed E-state index contributed by atoms with van der Waals surface area (Å²) < 4.78 is 46.7. The number of β-amino-alcohol motifs (C(OH)–C–C–N with tert-alkyl or cyclic N) is 1. The molecule has 9 nitrogen and oxygen atoms in total. The maximum absolute atomic E-state index is 10.8. The fraction of sp³-hybridized carbons (Fsp3) is 0.647. The number of rotatable bonds is 9. The average Bonchev–Trinajstić information content (AvgIpc) is 2.61. The van der Waals surface area contributed by atoms with Crippen LogP contribution in [0, 0.1) is 0 Å². The number of hydrogen-bond donors (Lipinski definition) is 2. The second kappa shape index (κ2) is 9.56. The van der Waals surface area contributed by atoms with Crippen molar-refractivity contribution in [2.45, 2.75) is 12.6 Å². The first-order chi connectivity index (χ1) is 12.8. The molecule has 1 aromatic rings. The standard InChI is InChI=1S/C17H28N2O7S/c1-24-15-5-4-13(16(25-2)17(15)26-3)10-18-6-8-19(9-7-18)11-14(20)12-27(21,22)23/h4-5,14,20H,6-12H2,1-3H3,(H,21,22,23). The third kappa shape index (κ3) is 6.22. The van der Waals surface area contributed by atoms with E-state index in [1.165, 1.54) is 0 Å². The lowest BCUT2D eigenvalue weighted by Crippen LogP contribution is -2.48. The quantitative estimate of drug-likeness (QED) is 0.553. The van der Waals surface area contributed by atoms with Gasteiger partial charge in [-0.1, -0.05) is 6.07 Å². The molecule has 2 N–H and O–H groups in total. The molecular formula is C17H28N2O7S. The minimum absolute atomic E-state index is 0.216. The monoisotopic (exact) mass is 404 g/mol. The lowest BCUT2D eigenvalue weighted by Gasteiger charge is -2.35. The van der Waals surface area contributed by atoms with Crippen molar-refractivity contribution in [3.8, 4) is 17.2 Å². The number of nitrogens with zero attached hydrogens (tertiary/aromatic N) is 2. The average molecular weight is 404 g/mol. The van der Waals surface area contributed by atoms with Gasteiger partial charge in [-0.05, 0) is 6.07 Å². The minimum Gasteiger partial charge on any atom is -0.493 e. The molecule has 0 spiro atoms. The Morgan fingerprint density at radius 2 is 1.59 bits per heavy atom. The number of benzene rings is 1. The normalized spacial score (nSPS) is 17.5. The highest BCUT2D eigenvalue weighted by atomic mass is 32.2. The molecule has 1 fully saturated rings. The molecule has 1 aliphatic rings. The van der Waals surface area contributed by atoms with Crippen LogP contribution in [0.2, 0.25) is 0 Å². The summed E-state index contributed by atoms with van der Waals surface area (Å²) in [6.45, 7) is 3.79. The number of ether oxygens (including phenoxy) is 3. The van der Waals surface area contributed by atoms with Gasteiger partial charge in [-0.2, -0.15) is 8.42 Å². The van der Waals surface area contributed by atoms with Gasteiger partial charge in [0.2, 0.25) is 5.75 Å². The van der Waals surface area contributed by atoms with E-state index in [1.54, 1.807) is 21.3 Å². The Hall–Kier alpha value is -1.59. The van der Waals surface area contributed by atoms with E-state index < -0.39 is 22.0 Å². The molecule has 1 unspecified atom stereocenters. The molecule has 1 atom stereocenters. The van der Waals surface area contributed by atoms with Crippen LogP contribution in [0.25, 0.3) is 0 Å². The van der Waals surface area contributed by atoms with Gasteiger partial charge >= 0.3 is 0 Å². The van der Waals surface area contributed by atoms with Gasteiger partial charge in [0, 0.05) is 44.8 Å². The summed E-state index contributed by atoms with van der Waals surface area (Å²) in [7, 11) is 0.570. The van der Waals surface area contributed by atoms with E-state index >= 15 is 0 Å². The van der Waals surface area contributed by atoms with Gasteiger partial charge in [-0.15, -0.1) is 0 Å². The highest BCUT2D eigenvalue weighted by Gasteiger charge is 2.23. The molecule has 0 bridgehead atoms. The number of piperazine rings is 1. The van der Waals surface area contributed by atoms with Crippen LogP contribution in [0.15, 0.2) is 12.1 Å². The fourth-order valence-corrected chi connectivity index (χ4v) is 3.84. The predicted octanol–water partition coefficient (Wildman–Crippen LogP) is 0.0787. The first-order valence-corrected chi connectivity index (χ1v) is 10.2. The van der Waals surface area contributed by atoms with Gasteiger partial charge in [-0.3, -0.25) is 14.4 Å². The van der Waals surface area contributed by atoms with Gasteiger partial charge in [0.25, 0.3) is 10.1 Å². The Kier molecular flexibility index (Phi) is 7.68. The molecule has 1 saturated heterocycles. The second-order valence-corrected chi connectivity index (χ2v) is 7.97. The van der Waals surface area contributed by atoms with E-state index in [1.807, 2.05) is 17.0 Å². The van der Waals surface area contributed by atoms with Crippen molar-refractivity contribution in [3.05, 3.63) is 17.7 Å². The molecule has 0 radical (unpaired) electrons. The lowest BCUT2D eigenvalue weighted by molar-refractivity contribution is 0.0783. The van der Waals surface area contributed by atoms with Crippen molar-refractivity contribution in [1.29, 1.82) is 0 Å². The van der Waals surface area contributed by atoms with E-state index in [4.69, 9.17) is 18.8 Å². The fourth-order valence-electron chi connectivity index (χ4n) is 3.25. The van der Waals surface area contributed by atoms with Crippen molar-refractivity contribution in [2.75, 3.05) is 59.8 Å². The first kappa shape index (κ1) is 21.7. The van der Waals surface area contributed by atoms with E-state index in [2.05, 4.69) is 4.90 Å². The van der Waals surface area contributed by atoms with E-state index in [9.17, 15) is 13.5 Å². The van der Waals surface area contributed by atoms with Crippen LogP contribution in [0.3, 0.4) is 0 Å². The van der Waals surface area contributed by atoms with E-state index in [0.717, 1.165) is 18.7 Å². The molecule has 27 heavy (non-hydrogen) atoms. The minimum atomic E-state index is -4.17. The predicted molar refractivity (Wildman–Crippen MR) is 100 cm³/mol. The summed E-state index contributed by atoms with van der Waals surface area (Å²) in [5.41, 5.74) is 0.981. The molecule has 0 saturated carbocycles. The summed E-state index contributed by atoms with van der Waals surface area (Å²) in [5, 5.41) is 9.78. The summed E-state index contributed by atoms with van der Waals surface area (Å²) in [5.74, 6) is 1.17. The molecule has 1 heterocycles. The highest BCUT2D eigenvalue weighted by molar-refractivity contribution is 7.85. The maximum Gasteiger partial charge on any atom is 0.267 e. The lowest BCUT2D eigenvalue weighted by atomic mass is 10.1. The maximum atomic E-state index is 10.8. The molecule has 1 aliphatic heterocycles. The Morgan fingerprint density at radius 1 is 1.00 bits per heavy atom. The molecule has 0 aromatic heterocycles. The first-order valence-electron chi connectivity index (χ1n) is 8.63. The summed E-state index contributed by atoms with van der Waals surface area (Å²) in [4.78, 5) is 4.23. The van der Waals surface area contributed by atoms with Crippen molar-refractivity contribution in [2.24, 2.45) is 0 Å². The topological polar surface area (TPSA) is 109 Å². The number of methoxy groups -OCH3 is 3. The van der Waals surface area contributed by atoms with Crippen molar-refractivity contribution >= 4 is 10.1 Å². The zero-order chi connectivity index (χ0) is 20.0. The molecule has 0 amide bonds. The van der Waals surface area contributed by atoms with Crippen LogP contribution in [-0.4, -0.2) is 93.8 Å². The molecule has 154 valence electrons. The van der Waals surface area contributed by atoms with Gasteiger partial charge < -0.3 is 19.3 Å². The zero-order valence-electron chi connectivity index (χ0n) is 15.9. The van der Waals surface area contributed by atoms with Gasteiger partial charge in [-0.25, -0.2) is 0 Å². The van der Waals surface area contributed by atoms with E-state index in [0.29, 0.717) is 36.9 Å². The van der Waals surface area contributed by atoms with Gasteiger partial charge in [0.05, 0.1) is 27.4 Å². The van der Waals surface area contributed by atoms with Gasteiger partial charge in [0.1, 0.15) is 5.75 Å². The van der Waals surface area contributed by atoms with Crippen molar-refractivity contribution in [1.82, 2.24) is 9.80 Å². The Balaban J connectivity index is 1.94. The SMILES string of the molecule is COc1ccc(CN2CCN(CC(O)CS(=O)(=O)O)CC2)c(OC)c1OC. The van der Waals surface area contributed by atoms with Crippen LogP contribution in [0.5, 0.6) is 17.2 Å². The molecular weight excluding hydrogens is 376 g/mol.